The fourth-order valence-electron chi connectivity index (χ4n) is 2.63. The number of hydrogen-bond donors (Lipinski definition) is 1. The van der Waals surface area contributed by atoms with Gasteiger partial charge in [-0.05, 0) is 56.4 Å². The van der Waals surface area contributed by atoms with E-state index in [9.17, 15) is 0 Å². The van der Waals surface area contributed by atoms with Crippen LogP contribution in [0.1, 0.15) is 19.4 Å². The Morgan fingerprint density at radius 3 is 2.64 bits per heavy atom. The van der Waals surface area contributed by atoms with E-state index in [1.165, 1.54) is 0 Å². The van der Waals surface area contributed by atoms with Gasteiger partial charge in [-0.15, -0.1) is 0 Å². The zero-order valence-corrected chi connectivity index (χ0v) is 17.0. The maximum absolute atomic E-state index is 5.77. The smallest absolute Gasteiger partial charge is 0.216 e. The van der Waals surface area contributed by atoms with Crippen molar-refractivity contribution < 1.29 is 14.2 Å². The SMILES string of the molecule is COc1ccc(OC)c(/C=N\n2c(-c3cccc(OC(C)C)c3)n[nH]c2=S)c1. The number of aromatic amines is 1. The van der Waals surface area contributed by atoms with Crippen LogP contribution in [-0.4, -0.2) is 41.4 Å². The lowest BCUT2D eigenvalue weighted by Crippen LogP contribution is -2.05. The molecule has 28 heavy (non-hydrogen) atoms. The minimum absolute atomic E-state index is 0.0783. The second-order valence-corrected chi connectivity index (χ2v) is 6.60. The monoisotopic (exact) mass is 398 g/mol. The Kier molecular flexibility index (Phi) is 6.10. The van der Waals surface area contributed by atoms with E-state index in [4.69, 9.17) is 26.4 Å². The summed E-state index contributed by atoms with van der Waals surface area (Å²) in [6, 6.07) is 13.1. The zero-order chi connectivity index (χ0) is 20.1. The number of hydrogen-bond acceptors (Lipinski definition) is 6. The molecule has 0 spiro atoms. The summed E-state index contributed by atoms with van der Waals surface area (Å²) in [5.74, 6) is 2.72. The summed E-state index contributed by atoms with van der Waals surface area (Å²) in [6.07, 6.45) is 1.74. The summed E-state index contributed by atoms with van der Waals surface area (Å²) in [5, 5.41) is 11.6. The lowest BCUT2D eigenvalue weighted by molar-refractivity contribution is 0.242. The average molecular weight is 398 g/mol. The van der Waals surface area contributed by atoms with Gasteiger partial charge in [0, 0.05) is 11.1 Å². The van der Waals surface area contributed by atoms with Crippen molar-refractivity contribution in [3.8, 4) is 28.6 Å². The highest BCUT2D eigenvalue weighted by Crippen LogP contribution is 2.25. The van der Waals surface area contributed by atoms with Gasteiger partial charge in [-0.3, -0.25) is 0 Å². The number of ether oxygens (including phenoxy) is 3. The summed E-state index contributed by atoms with van der Waals surface area (Å²) >= 11 is 5.34. The Morgan fingerprint density at radius 2 is 1.93 bits per heavy atom. The van der Waals surface area contributed by atoms with Crippen LogP contribution < -0.4 is 14.2 Å². The van der Waals surface area contributed by atoms with E-state index in [0.717, 1.165) is 16.9 Å². The molecular formula is C20H22N4O3S. The van der Waals surface area contributed by atoms with Gasteiger partial charge in [-0.1, -0.05) is 12.1 Å². The summed E-state index contributed by atoms with van der Waals surface area (Å²) in [5.41, 5.74) is 1.59. The van der Waals surface area contributed by atoms with E-state index in [2.05, 4.69) is 15.3 Å². The molecule has 3 aromatic rings. The molecule has 2 aromatic carbocycles. The molecular weight excluding hydrogens is 376 g/mol. The Balaban J connectivity index is 1.99. The third-order valence-electron chi connectivity index (χ3n) is 3.86. The van der Waals surface area contributed by atoms with Crippen molar-refractivity contribution in [3.05, 3.63) is 52.8 Å². The molecule has 0 saturated heterocycles. The van der Waals surface area contributed by atoms with Crippen molar-refractivity contribution in [2.45, 2.75) is 20.0 Å². The average Bonchev–Trinajstić information content (AvgIpc) is 3.06. The van der Waals surface area contributed by atoms with Crippen molar-refractivity contribution in [1.29, 1.82) is 0 Å². The second kappa shape index (κ2) is 8.71. The van der Waals surface area contributed by atoms with Crippen molar-refractivity contribution in [2.75, 3.05) is 14.2 Å². The molecule has 3 rings (SSSR count). The number of rotatable bonds is 7. The predicted octanol–water partition coefficient (Wildman–Crippen LogP) is 4.29. The quantitative estimate of drug-likeness (QED) is 0.475. The first kappa shape index (κ1) is 19.6. The summed E-state index contributed by atoms with van der Waals surface area (Å²) in [7, 11) is 3.22. The molecule has 1 N–H and O–H groups in total. The number of nitrogens with one attached hydrogen (secondary N) is 1. The van der Waals surface area contributed by atoms with Crippen molar-refractivity contribution in [1.82, 2.24) is 14.9 Å². The first-order valence-electron chi connectivity index (χ1n) is 8.72. The molecule has 8 heteroatoms. The maximum atomic E-state index is 5.77. The summed E-state index contributed by atoms with van der Waals surface area (Å²) < 4.78 is 18.4. The van der Waals surface area contributed by atoms with E-state index in [1.807, 2.05) is 56.3 Å². The van der Waals surface area contributed by atoms with Gasteiger partial charge in [-0.2, -0.15) is 14.9 Å². The van der Waals surface area contributed by atoms with E-state index in [1.54, 1.807) is 25.1 Å². The highest BCUT2D eigenvalue weighted by atomic mass is 32.1. The van der Waals surface area contributed by atoms with Crippen LogP contribution in [-0.2, 0) is 0 Å². The van der Waals surface area contributed by atoms with Crippen LogP contribution in [0.5, 0.6) is 17.2 Å². The minimum atomic E-state index is 0.0783. The summed E-state index contributed by atoms with van der Waals surface area (Å²) in [4.78, 5) is 0. The Labute approximate surface area is 168 Å². The van der Waals surface area contributed by atoms with Gasteiger partial charge in [0.2, 0.25) is 4.77 Å². The van der Waals surface area contributed by atoms with Crippen LogP contribution >= 0.6 is 12.2 Å². The van der Waals surface area contributed by atoms with Gasteiger partial charge in [0.1, 0.15) is 17.2 Å². The van der Waals surface area contributed by atoms with Crippen molar-refractivity contribution >= 4 is 18.4 Å². The van der Waals surface area contributed by atoms with Crippen LogP contribution in [0.2, 0.25) is 0 Å². The zero-order valence-electron chi connectivity index (χ0n) is 16.2. The number of H-pyrrole nitrogens is 1. The van der Waals surface area contributed by atoms with Gasteiger partial charge in [0.05, 0.1) is 26.5 Å². The molecule has 7 nitrogen and oxygen atoms in total. The Morgan fingerprint density at radius 1 is 1.11 bits per heavy atom. The molecule has 0 amide bonds. The first-order valence-corrected chi connectivity index (χ1v) is 9.13. The summed E-state index contributed by atoms with van der Waals surface area (Å²) in [6.45, 7) is 3.96. The molecule has 0 aliphatic rings. The lowest BCUT2D eigenvalue weighted by Gasteiger charge is -2.10. The van der Waals surface area contributed by atoms with Crippen LogP contribution in [0.25, 0.3) is 11.4 Å². The second-order valence-electron chi connectivity index (χ2n) is 6.21. The molecule has 0 bridgehead atoms. The van der Waals surface area contributed by atoms with Gasteiger partial charge in [-0.25, -0.2) is 5.10 Å². The number of benzene rings is 2. The molecule has 0 unspecified atom stereocenters. The van der Waals surface area contributed by atoms with Crippen molar-refractivity contribution in [2.24, 2.45) is 5.10 Å². The van der Waals surface area contributed by atoms with Crippen molar-refractivity contribution in [3.63, 3.8) is 0 Å². The molecule has 146 valence electrons. The van der Waals surface area contributed by atoms with E-state index in [-0.39, 0.29) is 6.10 Å². The number of methoxy groups -OCH3 is 2. The highest BCUT2D eigenvalue weighted by Gasteiger charge is 2.10. The number of aromatic nitrogens is 3. The standard InChI is InChI=1S/C20H22N4O3S/c1-13(2)27-17-7-5-6-14(10-17)19-22-23-20(28)24(19)21-12-15-11-16(25-3)8-9-18(15)26-4/h5-13H,1-4H3,(H,23,28)/b21-12-. The molecule has 1 heterocycles. The first-order chi connectivity index (χ1) is 13.5. The van der Waals surface area contributed by atoms with Crippen LogP contribution in [0, 0.1) is 4.77 Å². The van der Waals surface area contributed by atoms with Gasteiger partial charge >= 0.3 is 0 Å². The normalized spacial score (nSPS) is 11.2. The van der Waals surface area contributed by atoms with Crippen LogP contribution in [0.4, 0.5) is 0 Å². The fraction of sp³-hybridized carbons (Fsp3) is 0.250. The molecule has 0 fully saturated rings. The predicted molar refractivity (Wildman–Crippen MR) is 111 cm³/mol. The minimum Gasteiger partial charge on any atom is -0.497 e. The maximum Gasteiger partial charge on any atom is 0.216 e. The lowest BCUT2D eigenvalue weighted by atomic mass is 10.2. The third kappa shape index (κ3) is 4.40. The largest absolute Gasteiger partial charge is 0.497 e. The molecule has 0 aliphatic carbocycles. The van der Waals surface area contributed by atoms with E-state index >= 15 is 0 Å². The third-order valence-corrected chi connectivity index (χ3v) is 4.13. The van der Waals surface area contributed by atoms with Gasteiger partial charge in [0.25, 0.3) is 0 Å². The Bertz CT molecular complexity index is 1040. The Hall–Kier alpha value is -3.13. The van der Waals surface area contributed by atoms with Gasteiger partial charge < -0.3 is 14.2 Å². The molecule has 0 aliphatic heterocycles. The molecule has 0 atom stereocenters. The van der Waals surface area contributed by atoms with E-state index < -0.39 is 0 Å². The molecule has 0 saturated carbocycles. The fourth-order valence-corrected chi connectivity index (χ4v) is 2.81. The van der Waals surface area contributed by atoms with Crippen LogP contribution in [0.3, 0.4) is 0 Å². The number of nitrogens with zero attached hydrogens (tertiary/aromatic N) is 3. The van der Waals surface area contributed by atoms with E-state index in [0.29, 0.717) is 22.1 Å². The highest BCUT2D eigenvalue weighted by molar-refractivity contribution is 7.71. The van der Waals surface area contributed by atoms with Gasteiger partial charge in [0.15, 0.2) is 5.82 Å². The molecule has 0 radical (unpaired) electrons. The topological polar surface area (TPSA) is 73.7 Å². The van der Waals surface area contributed by atoms with Crippen LogP contribution in [0.15, 0.2) is 47.6 Å². The molecule has 1 aromatic heterocycles.